The Labute approximate surface area is 162 Å². The molecule has 5 nitrogen and oxygen atoms in total. The van der Waals surface area contributed by atoms with E-state index < -0.39 is 0 Å². The SMILES string of the molecule is CC[C@@H]1[C@H]2CCCCN3C([C@@H]4C[C@H](C)C(=O)O4)C[C@H](C4[C@H](C)C(=O)O[C@H]41)[C@@H]23. The minimum atomic E-state index is -0.0294. The predicted octanol–water partition coefficient (Wildman–Crippen LogP) is 3.01. The molecule has 5 fully saturated rings. The maximum Gasteiger partial charge on any atom is 0.309 e. The van der Waals surface area contributed by atoms with Crippen molar-refractivity contribution in [3.8, 4) is 0 Å². The number of ether oxygens (including phenoxy) is 2. The molecule has 0 aromatic heterocycles. The zero-order valence-corrected chi connectivity index (χ0v) is 16.8. The molecule has 0 aromatic rings. The van der Waals surface area contributed by atoms with Gasteiger partial charge in [-0.15, -0.1) is 0 Å². The Kier molecular flexibility index (Phi) is 4.30. The Balaban J connectivity index is 1.51. The summed E-state index contributed by atoms with van der Waals surface area (Å²) >= 11 is 0. The summed E-state index contributed by atoms with van der Waals surface area (Å²) < 4.78 is 11.8. The van der Waals surface area contributed by atoms with E-state index in [2.05, 4.69) is 18.7 Å². The van der Waals surface area contributed by atoms with Gasteiger partial charge in [0.05, 0.1) is 11.8 Å². The van der Waals surface area contributed by atoms with Crippen LogP contribution in [0.4, 0.5) is 0 Å². The lowest BCUT2D eigenvalue weighted by Crippen LogP contribution is -2.54. The average molecular weight is 376 g/mol. The van der Waals surface area contributed by atoms with Gasteiger partial charge in [0.2, 0.25) is 0 Å². The molecule has 1 saturated carbocycles. The van der Waals surface area contributed by atoms with Crippen molar-refractivity contribution in [3.05, 3.63) is 0 Å². The van der Waals surface area contributed by atoms with Crippen molar-refractivity contribution in [2.45, 2.75) is 83.6 Å². The summed E-state index contributed by atoms with van der Waals surface area (Å²) in [5, 5.41) is 0. The Morgan fingerprint density at radius 1 is 1.04 bits per heavy atom. The van der Waals surface area contributed by atoms with Crippen molar-refractivity contribution in [3.63, 3.8) is 0 Å². The zero-order chi connectivity index (χ0) is 18.9. The number of hydrogen-bond donors (Lipinski definition) is 0. The second-order valence-electron chi connectivity index (χ2n) is 9.81. The molecule has 0 amide bonds. The van der Waals surface area contributed by atoms with Gasteiger partial charge in [-0.3, -0.25) is 14.5 Å². The van der Waals surface area contributed by atoms with Gasteiger partial charge < -0.3 is 9.47 Å². The van der Waals surface area contributed by atoms with E-state index in [1.807, 2.05) is 6.92 Å². The number of rotatable bonds is 2. The number of fused-ring (bicyclic) bond motifs is 2. The van der Waals surface area contributed by atoms with Crippen molar-refractivity contribution in [1.82, 2.24) is 4.90 Å². The second kappa shape index (κ2) is 6.47. The molecule has 0 spiro atoms. The van der Waals surface area contributed by atoms with Crippen LogP contribution in [0.1, 0.15) is 59.3 Å². The molecule has 2 unspecified atom stereocenters. The largest absolute Gasteiger partial charge is 0.462 e. The van der Waals surface area contributed by atoms with E-state index in [-0.39, 0.29) is 36.0 Å². The summed E-state index contributed by atoms with van der Waals surface area (Å²) in [4.78, 5) is 27.3. The third-order valence-electron chi connectivity index (χ3n) is 8.61. The molecule has 27 heavy (non-hydrogen) atoms. The van der Waals surface area contributed by atoms with E-state index >= 15 is 0 Å². The van der Waals surface area contributed by atoms with Gasteiger partial charge in [0.25, 0.3) is 0 Å². The van der Waals surface area contributed by atoms with Crippen LogP contribution >= 0.6 is 0 Å². The summed E-state index contributed by atoms with van der Waals surface area (Å²) in [5.74, 6) is 1.94. The first-order valence-corrected chi connectivity index (χ1v) is 11.2. The third kappa shape index (κ3) is 2.53. The minimum absolute atomic E-state index is 0.00362. The van der Waals surface area contributed by atoms with Crippen LogP contribution in [0, 0.1) is 35.5 Å². The fourth-order valence-corrected chi connectivity index (χ4v) is 7.48. The van der Waals surface area contributed by atoms with Crippen LogP contribution in [0.5, 0.6) is 0 Å². The molecule has 0 N–H and O–H groups in total. The number of nitrogens with zero attached hydrogens (tertiary/aromatic N) is 1. The molecule has 4 saturated heterocycles. The van der Waals surface area contributed by atoms with Crippen LogP contribution in [-0.4, -0.2) is 47.7 Å². The number of esters is 2. The van der Waals surface area contributed by atoms with Gasteiger partial charge in [-0.25, -0.2) is 0 Å². The number of cyclic esters (lactones) is 1. The van der Waals surface area contributed by atoms with Crippen LogP contribution < -0.4 is 0 Å². The highest BCUT2D eigenvalue weighted by atomic mass is 16.6. The maximum absolute atomic E-state index is 12.5. The summed E-state index contributed by atoms with van der Waals surface area (Å²) in [6.07, 6.45) is 6.87. The Hall–Kier alpha value is -1.10. The monoisotopic (exact) mass is 375 g/mol. The van der Waals surface area contributed by atoms with E-state index in [9.17, 15) is 9.59 Å². The van der Waals surface area contributed by atoms with Crippen molar-refractivity contribution in [2.75, 3.05) is 6.54 Å². The number of hydrogen-bond acceptors (Lipinski definition) is 5. The fraction of sp³-hybridized carbons (Fsp3) is 0.909. The molecule has 0 aromatic carbocycles. The lowest BCUT2D eigenvalue weighted by atomic mass is 9.60. The molecule has 1 aliphatic carbocycles. The first-order chi connectivity index (χ1) is 13.0. The summed E-state index contributed by atoms with van der Waals surface area (Å²) in [6, 6.07) is 0.865. The average Bonchev–Trinajstić information content (AvgIpc) is 3.20. The topological polar surface area (TPSA) is 55.8 Å². The highest BCUT2D eigenvalue weighted by Gasteiger charge is 2.63. The van der Waals surface area contributed by atoms with Gasteiger partial charge in [0.1, 0.15) is 12.2 Å². The smallest absolute Gasteiger partial charge is 0.309 e. The van der Waals surface area contributed by atoms with Gasteiger partial charge in [0.15, 0.2) is 0 Å². The summed E-state index contributed by atoms with van der Waals surface area (Å²) in [6.45, 7) is 7.44. The van der Waals surface area contributed by atoms with Crippen LogP contribution in [0.3, 0.4) is 0 Å². The molecule has 5 heteroatoms. The summed E-state index contributed by atoms with van der Waals surface area (Å²) in [7, 11) is 0. The van der Waals surface area contributed by atoms with E-state index in [1.54, 1.807) is 0 Å². The lowest BCUT2D eigenvalue weighted by Gasteiger charge is -2.48. The Morgan fingerprint density at radius 3 is 2.56 bits per heavy atom. The first kappa shape index (κ1) is 18.0. The maximum atomic E-state index is 12.5. The van der Waals surface area contributed by atoms with Gasteiger partial charge >= 0.3 is 11.9 Å². The molecule has 5 aliphatic rings. The van der Waals surface area contributed by atoms with Crippen molar-refractivity contribution in [2.24, 2.45) is 35.5 Å². The van der Waals surface area contributed by atoms with Gasteiger partial charge in [-0.2, -0.15) is 0 Å². The normalized spacial score (nSPS) is 52.1. The quantitative estimate of drug-likeness (QED) is 0.695. The zero-order valence-electron chi connectivity index (χ0n) is 16.8. The van der Waals surface area contributed by atoms with Gasteiger partial charge in [-0.05, 0) is 50.5 Å². The number of carbonyl (C=O) groups is 2. The van der Waals surface area contributed by atoms with Crippen molar-refractivity contribution >= 4 is 11.9 Å². The van der Waals surface area contributed by atoms with Crippen molar-refractivity contribution in [1.29, 1.82) is 0 Å². The van der Waals surface area contributed by atoms with E-state index in [4.69, 9.17) is 9.47 Å². The second-order valence-corrected chi connectivity index (χ2v) is 9.81. The molecule has 4 heterocycles. The first-order valence-electron chi connectivity index (χ1n) is 11.2. The molecule has 0 bridgehead atoms. The molecule has 5 rings (SSSR count). The fourth-order valence-electron chi connectivity index (χ4n) is 7.48. The summed E-state index contributed by atoms with van der Waals surface area (Å²) in [5.41, 5.74) is 0. The van der Waals surface area contributed by atoms with E-state index in [0.717, 1.165) is 25.8 Å². The molecular weight excluding hydrogens is 342 g/mol. The van der Waals surface area contributed by atoms with E-state index in [1.165, 1.54) is 19.3 Å². The molecule has 150 valence electrons. The van der Waals surface area contributed by atoms with Crippen LogP contribution in [0.15, 0.2) is 0 Å². The minimum Gasteiger partial charge on any atom is -0.462 e. The van der Waals surface area contributed by atoms with Crippen LogP contribution in [0.2, 0.25) is 0 Å². The van der Waals surface area contributed by atoms with Crippen LogP contribution in [-0.2, 0) is 19.1 Å². The third-order valence-corrected chi connectivity index (χ3v) is 8.61. The van der Waals surface area contributed by atoms with Crippen LogP contribution in [0.25, 0.3) is 0 Å². The Morgan fingerprint density at radius 2 is 1.85 bits per heavy atom. The molecule has 10 atom stereocenters. The lowest BCUT2D eigenvalue weighted by molar-refractivity contribution is -0.148. The highest BCUT2D eigenvalue weighted by molar-refractivity contribution is 5.75. The predicted molar refractivity (Wildman–Crippen MR) is 99.7 cm³/mol. The highest BCUT2D eigenvalue weighted by Crippen LogP contribution is 2.57. The number of carbonyl (C=O) groups excluding carboxylic acids is 2. The van der Waals surface area contributed by atoms with Crippen molar-refractivity contribution < 1.29 is 19.1 Å². The molecular formula is C22H33NO4. The molecule has 4 aliphatic heterocycles. The molecule has 0 radical (unpaired) electrons. The van der Waals surface area contributed by atoms with Gasteiger partial charge in [-0.1, -0.05) is 27.2 Å². The standard InChI is InChI=1S/C22H33NO4/c1-4-13-14-7-5-6-8-23-16(17-9-11(2)21(24)26-17)10-15(19(14)23)18-12(3)22(25)27-20(13)18/h11-20H,4-10H2,1-3H3/t11-,12-,13+,14+,15+,16?,17-,18?,19+,20-/m0/s1. The van der Waals surface area contributed by atoms with E-state index in [0.29, 0.717) is 35.8 Å². The Bertz CT molecular complexity index is 636. The van der Waals surface area contributed by atoms with Gasteiger partial charge in [0, 0.05) is 23.9 Å².